The third-order valence-electron chi connectivity index (χ3n) is 6.02. The van der Waals surface area contributed by atoms with E-state index in [2.05, 4.69) is 33.9 Å². The van der Waals surface area contributed by atoms with Crippen molar-refractivity contribution in [3.05, 3.63) is 29.8 Å². The quantitative estimate of drug-likeness (QED) is 0.718. The SMILES string of the molecule is CC[C@@H](O)[C@@H]1C[C@@H](O[Si](C)(C)C(C)(C)C)CN1S(=O)(=O)c1ccc(C)cc1. The van der Waals surface area contributed by atoms with E-state index in [0.29, 0.717) is 19.4 Å². The zero-order valence-corrected chi connectivity index (χ0v) is 19.5. The number of rotatable bonds is 6. The third kappa shape index (κ3) is 4.82. The number of aliphatic hydroxyl groups is 1. The molecular formula is C20H35NO4SSi. The molecule has 7 heteroatoms. The van der Waals surface area contributed by atoms with E-state index < -0.39 is 30.5 Å². The molecule has 0 aromatic heterocycles. The van der Waals surface area contributed by atoms with Crippen molar-refractivity contribution in [2.24, 2.45) is 0 Å². The lowest BCUT2D eigenvalue weighted by molar-refractivity contribution is 0.101. The van der Waals surface area contributed by atoms with Crippen molar-refractivity contribution in [2.75, 3.05) is 6.54 Å². The number of sulfonamides is 1. The van der Waals surface area contributed by atoms with Crippen LogP contribution in [0.2, 0.25) is 18.1 Å². The summed E-state index contributed by atoms with van der Waals surface area (Å²) in [7, 11) is -5.70. The predicted octanol–water partition coefficient (Wildman–Crippen LogP) is 3.92. The molecule has 0 saturated carbocycles. The first-order valence-corrected chi connectivity index (χ1v) is 14.1. The molecule has 0 amide bonds. The molecule has 0 unspecified atom stereocenters. The van der Waals surface area contributed by atoms with Crippen molar-refractivity contribution in [3.63, 3.8) is 0 Å². The molecule has 0 spiro atoms. The maximum atomic E-state index is 13.3. The number of hydrogen-bond donors (Lipinski definition) is 1. The first kappa shape index (κ1) is 22.6. The van der Waals surface area contributed by atoms with Crippen LogP contribution in [-0.2, 0) is 14.4 Å². The largest absolute Gasteiger partial charge is 0.413 e. The summed E-state index contributed by atoms with van der Waals surface area (Å²) < 4.78 is 34.5. The lowest BCUT2D eigenvalue weighted by atomic mass is 10.1. The predicted molar refractivity (Wildman–Crippen MR) is 112 cm³/mol. The van der Waals surface area contributed by atoms with E-state index in [-0.39, 0.29) is 16.0 Å². The maximum absolute atomic E-state index is 13.3. The minimum atomic E-state index is -3.67. The van der Waals surface area contributed by atoms with Crippen molar-refractivity contribution >= 4 is 18.3 Å². The Hall–Kier alpha value is -0.733. The summed E-state index contributed by atoms with van der Waals surface area (Å²) in [5, 5.41) is 10.6. The smallest absolute Gasteiger partial charge is 0.243 e. The van der Waals surface area contributed by atoms with Gasteiger partial charge in [0.1, 0.15) is 0 Å². The van der Waals surface area contributed by atoms with E-state index in [1.54, 1.807) is 24.3 Å². The van der Waals surface area contributed by atoms with E-state index >= 15 is 0 Å². The maximum Gasteiger partial charge on any atom is 0.243 e. The van der Waals surface area contributed by atoms with Crippen molar-refractivity contribution < 1.29 is 18.0 Å². The molecule has 1 aromatic rings. The molecule has 1 aliphatic heterocycles. The fourth-order valence-corrected chi connectivity index (χ4v) is 6.27. The highest BCUT2D eigenvalue weighted by Gasteiger charge is 2.47. The van der Waals surface area contributed by atoms with Crippen molar-refractivity contribution in [3.8, 4) is 0 Å². The summed E-state index contributed by atoms with van der Waals surface area (Å²) >= 11 is 0. The number of aryl methyl sites for hydroxylation is 1. The molecule has 1 aliphatic rings. The Morgan fingerprint density at radius 2 is 1.81 bits per heavy atom. The van der Waals surface area contributed by atoms with Gasteiger partial charge in [-0.2, -0.15) is 4.31 Å². The first-order chi connectivity index (χ1) is 12.3. The van der Waals surface area contributed by atoms with E-state index in [4.69, 9.17) is 4.43 Å². The number of benzene rings is 1. The molecule has 3 atom stereocenters. The van der Waals surface area contributed by atoms with E-state index in [1.165, 1.54) is 4.31 Å². The Morgan fingerprint density at radius 3 is 2.30 bits per heavy atom. The zero-order chi connectivity index (χ0) is 20.6. The van der Waals surface area contributed by atoms with Gasteiger partial charge in [-0.3, -0.25) is 0 Å². The summed E-state index contributed by atoms with van der Waals surface area (Å²) in [6.07, 6.45) is 0.167. The van der Waals surface area contributed by atoms with Crippen LogP contribution in [0.1, 0.15) is 46.1 Å². The molecule has 1 N–H and O–H groups in total. The summed E-state index contributed by atoms with van der Waals surface area (Å²) in [5.74, 6) is 0. The van der Waals surface area contributed by atoms with Gasteiger partial charge in [-0.25, -0.2) is 8.42 Å². The van der Waals surface area contributed by atoms with Gasteiger partial charge < -0.3 is 9.53 Å². The topological polar surface area (TPSA) is 66.8 Å². The monoisotopic (exact) mass is 413 g/mol. The highest BCUT2D eigenvalue weighted by atomic mass is 32.2. The lowest BCUT2D eigenvalue weighted by Gasteiger charge is -2.38. The van der Waals surface area contributed by atoms with E-state index in [1.807, 2.05) is 13.8 Å². The zero-order valence-electron chi connectivity index (χ0n) is 17.7. The second kappa shape index (κ2) is 7.95. The molecule has 1 aromatic carbocycles. The van der Waals surface area contributed by atoms with Crippen LogP contribution in [0.25, 0.3) is 0 Å². The third-order valence-corrected chi connectivity index (χ3v) is 12.5. The summed E-state index contributed by atoms with van der Waals surface area (Å²) in [6, 6.07) is 6.44. The second-order valence-electron chi connectivity index (χ2n) is 9.17. The molecular weight excluding hydrogens is 378 g/mol. The van der Waals surface area contributed by atoms with Gasteiger partial charge in [0.15, 0.2) is 8.32 Å². The van der Waals surface area contributed by atoms with Crippen LogP contribution in [0, 0.1) is 6.92 Å². The van der Waals surface area contributed by atoms with Gasteiger partial charge in [-0.05, 0) is 50.0 Å². The Bertz CT molecular complexity index is 740. The fourth-order valence-electron chi connectivity index (χ4n) is 3.22. The molecule has 1 heterocycles. The van der Waals surface area contributed by atoms with Crippen LogP contribution in [0.5, 0.6) is 0 Å². The van der Waals surface area contributed by atoms with Crippen LogP contribution >= 0.6 is 0 Å². The first-order valence-electron chi connectivity index (χ1n) is 9.74. The van der Waals surface area contributed by atoms with Gasteiger partial charge in [-0.1, -0.05) is 45.4 Å². The summed E-state index contributed by atoms with van der Waals surface area (Å²) in [5.41, 5.74) is 1.01. The molecule has 2 rings (SSSR count). The van der Waals surface area contributed by atoms with Crippen molar-refractivity contribution in [1.29, 1.82) is 0 Å². The van der Waals surface area contributed by atoms with E-state index in [0.717, 1.165) is 5.56 Å². The van der Waals surface area contributed by atoms with Crippen molar-refractivity contribution in [2.45, 2.75) is 88.7 Å². The standard InChI is InChI=1S/C20H35NO4SSi/c1-8-19(22)18-13-16(25-27(6,7)20(3,4)5)14-21(18)26(23,24)17-11-9-15(2)10-12-17/h9-12,16,18-19,22H,8,13-14H2,1-7H3/t16-,18+,19-/m1/s1. The van der Waals surface area contributed by atoms with Crippen LogP contribution in [0.4, 0.5) is 0 Å². The van der Waals surface area contributed by atoms with Crippen molar-refractivity contribution in [1.82, 2.24) is 4.31 Å². The van der Waals surface area contributed by atoms with Crippen LogP contribution in [0.3, 0.4) is 0 Å². The molecule has 154 valence electrons. The van der Waals surface area contributed by atoms with Gasteiger partial charge in [0.2, 0.25) is 10.0 Å². The van der Waals surface area contributed by atoms with Gasteiger partial charge in [0, 0.05) is 6.54 Å². The minimum absolute atomic E-state index is 0.0507. The average molecular weight is 414 g/mol. The Labute approximate surface area is 165 Å². The Balaban J connectivity index is 2.32. The number of aliphatic hydroxyl groups excluding tert-OH is 1. The van der Waals surface area contributed by atoms with Gasteiger partial charge >= 0.3 is 0 Å². The van der Waals surface area contributed by atoms with Gasteiger partial charge in [0.05, 0.1) is 23.1 Å². The molecule has 0 aliphatic carbocycles. The normalized spacial score (nSPS) is 23.6. The second-order valence-corrected chi connectivity index (χ2v) is 15.8. The van der Waals surface area contributed by atoms with E-state index in [9.17, 15) is 13.5 Å². The fraction of sp³-hybridized carbons (Fsp3) is 0.700. The molecule has 5 nitrogen and oxygen atoms in total. The molecule has 27 heavy (non-hydrogen) atoms. The van der Waals surface area contributed by atoms with Crippen LogP contribution in [0.15, 0.2) is 29.2 Å². The highest BCUT2D eigenvalue weighted by molar-refractivity contribution is 7.89. The number of nitrogens with zero attached hydrogens (tertiary/aromatic N) is 1. The highest BCUT2D eigenvalue weighted by Crippen LogP contribution is 2.40. The van der Waals surface area contributed by atoms with Gasteiger partial charge in [-0.15, -0.1) is 0 Å². The molecule has 1 saturated heterocycles. The van der Waals surface area contributed by atoms with Crippen LogP contribution < -0.4 is 0 Å². The Kier molecular flexibility index (Phi) is 6.64. The number of hydrogen-bond acceptors (Lipinski definition) is 4. The summed E-state index contributed by atoms with van der Waals surface area (Å²) in [6.45, 7) is 15.0. The van der Waals surface area contributed by atoms with Crippen LogP contribution in [-0.4, -0.2) is 50.9 Å². The Morgan fingerprint density at radius 1 is 1.26 bits per heavy atom. The molecule has 0 bridgehead atoms. The average Bonchev–Trinajstić information content (AvgIpc) is 2.97. The molecule has 0 radical (unpaired) electrons. The lowest BCUT2D eigenvalue weighted by Crippen LogP contribution is -2.45. The minimum Gasteiger partial charge on any atom is -0.413 e. The molecule has 1 fully saturated rings. The summed E-state index contributed by atoms with van der Waals surface area (Å²) in [4.78, 5) is 0.273. The van der Waals surface area contributed by atoms with Gasteiger partial charge in [0.25, 0.3) is 0 Å².